The number of benzene rings is 3. The average molecular weight is 565 g/mol. The Kier molecular flexibility index (Phi) is 7.18. The van der Waals surface area contributed by atoms with E-state index >= 15 is 0 Å². The van der Waals surface area contributed by atoms with Crippen LogP contribution in [0.15, 0.2) is 59.4 Å². The van der Waals surface area contributed by atoms with Gasteiger partial charge in [-0.05, 0) is 52.6 Å². The van der Waals surface area contributed by atoms with Gasteiger partial charge in [0.2, 0.25) is 0 Å². The van der Waals surface area contributed by atoms with Crippen molar-refractivity contribution in [3.8, 4) is 22.6 Å². The van der Waals surface area contributed by atoms with Crippen molar-refractivity contribution in [2.24, 2.45) is 14.1 Å². The average Bonchev–Trinajstić information content (AvgIpc) is 3.10. The van der Waals surface area contributed by atoms with Crippen molar-refractivity contribution in [2.75, 3.05) is 7.11 Å². The third-order valence-corrected chi connectivity index (χ3v) is 7.26. The molecule has 3 aromatic carbocycles. The zero-order valence-corrected chi connectivity index (χ0v) is 22.0. The molecule has 0 amide bonds. The summed E-state index contributed by atoms with van der Waals surface area (Å²) in [7, 11) is 4.27. The predicted octanol–water partition coefficient (Wildman–Crippen LogP) is 5.82. The summed E-state index contributed by atoms with van der Waals surface area (Å²) >= 11 is 6.48. The second-order valence-corrected chi connectivity index (χ2v) is 9.47. The van der Waals surface area contributed by atoms with Gasteiger partial charge in [0, 0.05) is 25.0 Å². The molecule has 2 N–H and O–H groups in total. The molecule has 0 aliphatic carbocycles. The molecule has 2 atom stereocenters. The number of alkyl halides is 3. The van der Waals surface area contributed by atoms with Gasteiger partial charge >= 0.3 is 18.0 Å². The number of aliphatic hydroxyl groups is 1. The number of methoxy groups -OCH3 is 1. The normalized spacial score (nSPS) is 14.2. The van der Waals surface area contributed by atoms with Crippen molar-refractivity contribution >= 4 is 28.8 Å². The quantitative estimate of drug-likeness (QED) is 0.226. The van der Waals surface area contributed by atoms with Crippen molar-refractivity contribution in [2.45, 2.75) is 24.6 Å². The van der Waals surface area contributed by atoms with Crippen LogP contribution in [0.25, 0.3) is 22.2 Å². The maximum Gasteiger partial charge on any atom is 0.511 e. The van der Waals surface area contributed by atoms with E-state index in [9.17, 15) is 27.9 Å². The Morgan fingerprint density at radius 2 is 1.56 bits per heavy atom. The summed E-state index contributed by atoms with van der Waals surface area (Å²) in [5, 5.41) is 20.1. The highest BCUT2D eigenvalue weighted by molar-refractivity contribution is 6.31. The zero-order chi connectivity index (χ0) is 28.9. The Morgan fingerprint density at radius 1 is 0.949 bits per heavy atom. The van der Waals surface area contributed by atoms with E-state index in [1.54, 1.807) is 6.07 Å². The first-order valence-electron chi connectivity index (χ1n) is 11.5. The van der Waals surface area contributed by atoms with Crippen LogP contribution < -0.4 is 15.2 Å². The van der Waals surface area contributed by atoms with Gasteiger partial charge in [-0.25, -0.2) is 9.59 Å². The fourth-order valence-electron chi connectivity index (χ4n) is 4.71. The molecule has 39 heavy (non-hydrogen) atoms. The van der Waals surface area contributed by atoms with Gasteiger partial charge in [-0.2, -0.15) is 13.2 Å². The Bertz CT molecular complexity index is 1650. The number of carboxylic acid groups (broad SMARTS) is 1. The topological polar surface area (TPSA) is 103 Å². The van der Waals surface area contributed by atoms with Crippen LogP contribution in [-0.4, -0.2) is 38.8 Å². The van der Waals surface area contributed by atoms with Crippen LogP contribution in [0.5, 0.6) is 11.5 Å². The molecule has 1 heterocycles. The molecular weight excluding hydrogens is 541 g/mol. The number of hydrogen-bond donors (Lipinski definition) is 2. The number of imidazole rings is 1. The predicted molar refractivity (Wildman–Crippen MR) is 139 cm³/mol. The Balaban J connectivity index is 1.78. The van der Waals surface area contributed by atoms with Crippen molar-refractivity contribution in [3.05, 3.63) is 81.2 Å². The number of aryl methyl sites for hydroxylation is 2. The highest BCUT2D eigenvalue weighted by Gasteiger charge is 2.59. The van der Waals surface area contributed by atoms with Crippen LogP contribution in [0.3, 0.4) is 0 Å². The Hall–Kier alpha value is -3.96. The summed E-state index contributed by atoms with van der Waals surface area (Å²) < 4.78 is 56.1. The van der Waals surface area contributed by atoms with Gasteiger partial charge in [0.1, 0.15) is 0 Å². The lowest BCUT2D eigenvalue weighted by Gasteiger charge is -2.37. The molecule has 4 aromatic rings. The number of carbonyl (C=O) groups is 1. The van der Waals surface area contributed by atoms with Gasteiger partial charge in [-0.15, -0.1) is 0 Å². The van der Waals surface area contributed by atoms with Gasteiger partial charge in [0.15, 0.2) is 17.1 Å². The summed E-state index contributed by atoms with van der Waals surface area (Å²) in [5.74, 6) is -1.45. The number of fused-ring (bicyclic) bond motifs is 1. The third kappa shape index (κ3) is 4.72. The van der Waals surface area contributed by atoms with Gasteiger partial charge in [-0.3, -0.25) is 9.13 Å². The molecule has 2 unspecified atom stereocenters. The number of rotatable bonds is 6. The van der Waals surface area contributed by atoms with Gasteiger partial charge in [0.25, 0.3) is 0 Å². The monoisotopic (exact) mass is 564 g/mol. The molecule has 8 nitrogen and oxygen atoms in total. The first-order chi connectivity index (χ1) is 18.2. The standard InChI is InChI=1S/C27H24ClF3N2O6/c1-14(26(37,27(29,30)31)17-7-9-20-21(13-17)33(3)24(34)32(20)2)18-8-5-15(11-19(18)28)16-6-10-22(39-25(35)36)23(12-16)38-4/h5-14,37H,1-4H3,(H,35,36). The van der Waals surface area contributed by atoms with Crippen molar-refractivity contribution < 1.29 is 37.7 Å². The minimum atomic E-state index is -5.09. The number of halogens is 4. The molecule has 0 bridgehead atoms. The van der Waals surface area contributed by atoms with E-state index in [1.165, 1.54) is 73.7 Å². The molecule has 0 fully saturated rings. The minimum absolute atomic E-state index is 0.0271. The van der Waals surface area contributed by atoms with Crippen LogP contribution in [0.1, 0.15) is 24.0 Å². The van der Waals surface area contributed by atoms with Gasteiger partial charge in [-0.1, -0.05) is 42.8 Å². The first-order valence-corrected chi connectivity index (χ1v) is 11.9. The fourth-order valence-corrected chi connectivity index (χ4v) is 5.06. The van der Waals surface area contributed by atoms with E-state index in [0.717, 1.165) is 12.1 Å². The lowest BCUT2D eigenvalue weighted by Crippen LogP contribution is -2.46. The van der Waals surface area contributed by atoms with E-state index in [2.05, 4.69) is 4.74 Å². The Morgan fingerprint density at radius 3 is 2.15 bits per heavy atom. The number of hydrogen-bond acceptors (Lipinski definition) is 5. The third-order valence-electron chi connectivity index (χ3n) is 6.93. The maximum absolute atomic E-state index is 14.6. The van der Waals surface area contributed by atoms with Gasteiger partial charge in [0.05, 0.1) is 18.1 Å². The molecule has 1 aromatic heterocycles. The van der Waals surface area contributed by atoms with Crippen LogP contribution in [0.2, 0.25) is 5.02 Å². The molecule has 0 saturated carbocycles. The molecular formula is C27H24ClF3N2O6. The second kappa shape index (κ2) is 9.97. The van der Waals surface area contributed by atoms with Crippen molar-refractivity contribution in [1.29, 1.82) is 0 Å². The molecule has 0 spiro atoms. The maximum atomic E-state index is 14.6. The Labute approximate surface area is 225 Å². The van der Waals surface area contributed by atoms with E-state index in [-0.39, 0.29) is 27.6 Å². The van der Waals surface area contributed by atoms with Gasteiger partial charge < -0.3 is 19.7 Å². The lowest BCUT2D eigenvalue weighted by molar-refractivity contribution is -0.274. The molecule has 4 rings (SSSR count). The largest absolute Gasteiger partial charge is 0.511 e. The molecule has 0 radical (unpaired) electrons. The van der Waals surface area contributed by atoms with E-state index in [0.29, 0.717) is 16.6 Å². The van der Waals surface area contributed by atoms with Crippen LogP contribution >= 0.6 is 11.6 Å². The van der Waals surface area contributed by atoms with Crippen LogP contribution in [-0.2, 0) is 19.7 Å². The van der Waals surface area contributed by atoms with Crippen molar-refractivity contribution in [3.63, 3.8) is 0 Å². The van der Waals surface area contributed by atoms with E-state index in [4.69, 9.17) is 21.4 Å². The summed E-state index contributed by atoms with van der Waals surface area (Å²) in [4.78, 5) is 23.2. The summed E-state index contributed by atoms with van der Waals surface area (Å²) in [6.07, 6.45) is -6.61. The van der Waals surface area contributed by atoms with Crippen LogP contribution in [0.4, 0.5) is 18.0 Å². The lowest BCUT2D eigenvalue weighted by atomic mass is 9.77. The zero-order valence-electron chi connectivity index (χ0n) is 21.2. The van der Waals surface area contributed by atoms with Crippen LogP contribution in [0, 0.1) is 0 Å². The van der Waals surface area contributed by atoms with Crippen molar-refractivity contribution in [1.82, 2.24) is 9.13 Å². The minimum Gasteiger partial charge on any atom is -0.493 e. The fraction of sp³-hybridized carbons (Fsp3) is 0.259. The number of ether oxygens (including phenoxy) is 2. The number of nitrogens with zero attached hydrogens (tertiary/aromatic N) is 2. The molecule has 12 heteroatoms. The highest BCUT2D eigenvalue weighted by atomic mass is 35.5. The van der Waals surface area contributed by atoms with E-state index in [1.807, 2.05) is 0 Å². The molecule has 0 aliphatic rings. The molecule has 206 valence electrons. The number of aromatic nitrogens is 2. The first kappa shape index (κ1) is 28.1. The highest BCUT2D eigenvalue weighted by Crippen LogP contribution is 2.50. The summed E-state index contributed by atoms with van der Waals surface area (Å²) in [5.41, 5.74) is -2.45. The SMILES string of the molecule is COc1cc(-c2ccc(C(C)C(O)(c3ccc4c(c3)n(C)c(=O)n4C)C(F)(F)F)c(Cl)c2)ccc1OC(=O)O. The summed E-state index contributed by atoms with van der Waals surface area (Å²) in [6.45, 7) is 1.23. The smallest absolute Gasteiger partial charge is 0.493 e. The second-order valence-electron chi connectivity index (χ2n) is 9.06. The van der Waals surface area contributed by atoms with E-state index < -0.39 is 35.1 Å². The molecule has 0 saturated heterocycles. The summed E-state index contributed by atoms with van der Waals surface area (Å²) in [6, 6.07) is 12.5. The molecule has 0 aliphatic heterocycles.